The van der Waals surface area contributed by atoms with E-state index in [0.29, 0.717) is 35.4 Å². The number of aryl methyl sites for hydroxylation is 1. The van der Waals surface area contributed by atoms with Crippen molar-refractivity contribution in [1.82, 2.24) is 34.8 Å². The highest BCUT2D eigenvalue weighted by Crippen LogP contribution is 2.19. The van der Waals surface area contributed by atoms with Crippen LogP contribution < -0.4 is 5.32 Å². The average molecular weight is 399 g/mol. The summed E-state index contributed by atoms with van der Waals surface area (Å²) in [7, 11) is 0. The van der Waals surface area contributed by atoms with Crippen LogP contribution in [0.5, 0.6) is 0 Å². The number of carbonyl (C=O) groups is 1. The third-order valence-corrected chi connectivity index (χ3v) is 4.70. The van der Waals surface area contributed by atoms with Crippen LogP contribution in [-0.2, 0) is 0 Å². The van der Waals surface area contributed by atoms with Gasteiger partial charge in [0.2, 0.25) is 5.95 Å². The molecule has 28 heavy (non-hydrogen) atoms. The van der Waals surface area contributed by atoms with Crippen molar-refractivity contribution >= 4 is 23.5 Å². The average Bonchev–Trinajstić information content (AvgIpc) is 3.24. The second kappa shape index (κ2) is 7.89. The van der Waals surface area contributed by atoms with Crippen LogP contribution in [0.1, 0.15) is 28.9 Å². The van der Waals surface area contributed by atoms with E-state index in [9.17, 15) is 4.79 Å². The van der Waals surface area contributed by atoms with Gasteiger partial charge in [0.1, 0.15) is 5.69 Å². The van der Waals surface area contributed by atoms with Crippen LogP contribution in [0.15, 0.2) is 37.1 Å². The number of pyridine rings is 1. The van der Waals surface area contributed by atoms with Crippen LogP contribution in [0.4, 0.5) is 5.95 Å². The first-order valence-electron chi connectivity index (χ1n) is 8.97. The number of hydrogen-bond donors (Lipinski definition) is 1. The van der Waals surface area contributed by atoms with Gasteiger partial charge in [-0.25, -0.2) is 15.0 Å². The minimum Gasteiger partial charge on any atom is -0.350 e. The number of amides is 1. The lowest BCUT2D eigenvalue weighted by Gasteiger charge is -2.33. The monoisotopic (exact) mass is 398 g/mol. The van der Waals surface area contributed by atoms with Gasteiger partial charge in [0.05, 0.1) is 29.8 Å². The highest BCUT2D eigenvalue weighted by atomic mass is 35.5. The smallest absolute Gasteiger partial charge is 0.274 e. The highest BCUT2D eigenvalue weighted by Gasteiger charge is 2.28. The Bertz CT molecular complexity index is 960. The molecule has 1 aliphatic heterocycles. The van der Waals surface area contributed by atoms with Gasteiger partial charge < -0.3 is 10.2 Å². The molecule has 0 radical (unpaired) electrons. The molecule has 0 aromatic carbocycles. The molecule has 1 unspecified atom stereocenters. The van der Waals surface area contributed by atoms with Crippen molar-refractivity contribution in [2.75, 3.05) is 18.4 Å². The van der Waals surface area contributed by atoms with E-state index >= 15 is 0 Å². The molecule has 3 aromatic heterocycles. The molecule has 4 rings (SSSR count). The Morgan fingerprint density at radius 2 is 1.93 bits per heavy atom. The predicted octanol–water partition coefficient (Wildman–Crippen LogP) is 2.13. The normalized spacial score (nSPS) is 16.8. The van der Waals surface area contributed by atoms with Crippen molar-refractivity contribution in [2.45, 2.75) is 25.8 Å². The van der Waals surface area contributed by atoms with Crippen LogP contribution in [0.2, 0.25) is 5.02 Å². The maximum absolute atomic E-state index is 13.2. The fourth-order valence-corrected chi connectivity index (χ4v) is 3.31. The summed E-state index contributed by atoms with van der Waals surface area (Å²) < 4.78 is 0. The molecular weight excluding hydrogens is 380 g/mol. The predicted molar refractivity (Wildman–Crippen MR) is 103 cm³/mol. The number of anilines is 1. The molecule has 0 bridgehead atoms. The van der Waals surface area contributed by atoms with Crippen LogP contribution in [-0.4, -0.2) is 59.9 Å². The summed E-state index contributed by atoms with van der Waals surface area (Å²) in [6.07, 6.45) is 9.71. The summed E-state index contributed by atoms with van der Waals surface area (Å²) in [5, 5.41) is 12.1. The standard InChI is InChI=1S/C18H19ClN8O/c1-12-7-15(27-23-4-5-24-27)16(20-8-12)17(28)26-6-2-3-14(11-26)25-18-21-9-13(19)10-22-18/h4-5,7-10,14H,2-3,6,11H2,1H3,(H,21,22,25). The molecule has 0 saturated carbocycles. The minimum atomic E-state index is -0.143. The summed E-state index contributed by atoms with van der Waals surface area (Å²) >= 11 is 5.83. The fraction of sp³-hybridized carbons (Fsp3) is 0.333. The molecule has 1 saturated heterocycles. The van der Waals surface area contributed by atoms with Gasteiger partial charge in [-0.3, -0.25) is 4.79 Å². The van der Waals surface area contributed by atoms with E-state index in [-0.39, 0.29) is 11.9 Å². The lowest BCUT2D eigenvalue weighted by molar-refractivity contribution is 0.0708. The Balaban J connectivity index is 1.53. The number of nitrogens with one attached hydrogen (secondary N) is 1. The Morgan fingerprint density at radius 1 is 1.18 bits per heavy atom. The number of nitrogens with zero attached hydrogens (tertiary/aromatic N) is 7. The number of halogens is 1. The van der Waals surface area contributed by atoms with Crippen molar-refractivity contribution in [3.8, 4) is 5.69 Å². The first-order valence-corrected chi connectivity index (χ1v) is 9.34. The zero-order valence-corrected chi connectivity index (χ0v) is 16.0. The third kappa shape index (κ3) is 3.94. The number of rotatable bonds is 4. The molecule has 1 amide bonds. The van der Waals surface area contributed by atoms with E-state index < -0.39 is 0 Å². The van der Waals surface area contributed by atoms with E-state index in [1.165, 1.54) is 4.80 Å². The van der Waals surface area contributed by atoms with Gasteiger partial charge in [0.25, 0.3) is 5.91 Å². The van der Waals surface area contributed by atoms with E-state index in [2.05, 4.69) is 30.5 Å². The number of carbonyl (C=O) groups excluding carboxylic acids is 1. The topological polar surface area (TPSA) is 102 Å². The number of likely N-dealkylation sites (tertiary alicyclic amines) is 1. The molecule has 1 aliphatic rings. The first-order chi connectivity index (χ1) is 13.6. The molecule has 4 heterocycles. The first kappa shape index (κ1) is 18.3. The summed E-state index contributed by atoms with van der Waals surface area (Å²) in [4.78, 5) is 29.1. The Labute approximate surface area is 166 Å². The molecule has 3 aromatic rings. The van der Waals surface area contributed by atoms with Gasteiger partial charge in [-0.15, -0.1) is 4.80 Å². The molecule has 144 valence electrons. The maximum Gasteiger partial charge on any atom is 0.274 e. The van der Waals surface area contributed by atoms with Crippen LogP contribution in [0.3, 0.4) is 0 Å². The molecule has 9 nitrogen and oxygen atoms in total. The van der Waals surface area contributed by atoms with E-state index in [1.807, 2.05) is 13.0 Å². The zero-order chi connectivity index (χ0) is 19.5. The summed E-state index contributed by atoms with van der Waals surface area (Å²) in [6, 6.07) is 1.91. The molecule has 1 atom stereocenters. The number of aromatic nitrogens is 6. The Morgan fingerprint density at radius 3 is 2.68 bits per heavy atom. The van der Waals surface area contributed by atoms with Gasteiger partial charge in [-0.05, 0) is 31.4 Å². The molecule has 0 spiro atoms. The Kier molecular flexibility index (Phi) is 5.16. The zero-order valence-electron chi connectivity index (χ0n) is 15.3. The van der Waals surface area contributed by atoms with E-state index in [0.717, 1.165) is 18.4 Å². The van der Waals surface area contributed by atoms with Crippen molar-refractivity contribution < 1.29 is 4.79 Å². The molecule has 0 aliphatic carbocycles. The van der Waals surface area contributed by atoms with E-state index in [1.54, 1.807) is 35.9 Å². The van der Waals surface area contributed by atoms with Crippen LogP contribution in [0, 0.1) is 6.92 Å². The quantitative estimate of drug-likeness (QED) is 0.718. The fourth-order valence-electron chi connectivity index (χ4n) is 3.21. The van der Waals surface area contributed by atoms with Crippen molar-refractivity contribution in [2.24, 2.45) is 0 Å². The Hall–Kier alpha value is -3.07. The van der Waals surface area contributed by atoms with Crippen molar-refractivity contribution in [1.29, 1.82) is 0 Å². The van der Waals surface area contributed by atoms with Gasteiger partial charge in [-0.1, -0.05) is 11.6 Å². The highest BCUT2D eigenvalue weighted by molar-refractivity contribution is 6.30. The van der Waals surface area contributed by atoms with Crippen LogP contribution in [0.25, 0.3) is 5.69 Å². The maximum atomic E-state index is 13.2. The molecule has 1 N–H and O–H groups in total. The van der Waals surface area contributed by atoms with Crippen molar-refractivity contribution in [3.05, 3.63) is 53.3 Å². The molecule has 10 heteroatoms. The van der Waals surface area contributed by atoms with Gasteiger partial charge >= 0.3 is 0 Å². The minimum absolute atomic E-state index is 0.0515. The van der Waals surface area contributed by atoms with Gasteiger partial charge in [-0.2, -0.15) is 10.2 Å². The largest absolute Gasteiger partial charge is 0.350 e. The van der Waals surface area contributed by atoms with Crippen LogP contribution >= 0.6 is 11.6 Å². The van der Waals surface area contributed by atoms with Crippen molar-refractivity contribution in [3.63, 3.8) is 0 Å². The summed E-state index contributed by atoms with van der Waals surface area (Å²) in [5.74, 6) is 0.356. The molecular formula is C18H19ClN8O. The lowest BCUT2D eigenvalue weighted by Crippen LogP contribution is -2.45. The summed E-state index contributed by atoms with van der Waals surface area (Å²) in [5.41, 5.74) is 1.85. The number of piperidine rings is 1. The summed E-state index contributed by atoms with van der Waals surface area (Å²) in [6.45, 7) is 3.12. The van der Waals surface area contributed by atoms with Gasteiger partial charge in [0, 0.05) is 25.3 Å². The SMILES string of the molecule is Cc1cnc(C(=O)N2CCCC(Nc3ncc(Cl)cn3)C2)c(-n2nccn2)c1. The lowest BCUT2D eigenvalue weighted by atomic mass is 10.0. The third-order valence-electron chi connectivity index (χ3n) is 4.50. The molecule has 1 fully saturated rings. The van der Waals surface area contributed by atoms with E-state index in [4.69, 9.17) is 11.6 Å². The second-order valence-electron chi connectivity index (χ2n) is 6.66. The van der Waals surface area contributed by atoms with Gasteiger partial charge in [0.15, 0.2) is 5.69 Å². The number of hydrogen-bond acceptors (Lipinski definition) is 7. The second-order valence-corrected chi connectivity index (χ2v) is 7.09.